The number of hydrogen-bond acceptors (Lipinski definition) is 5. The van der Waals surface area contributed by atoms with E-state index in [9.17, 15) is 22.0 Å². The van der Waals surface area contributed by atoms with Crippen molar-refractivity contribution in [2.75, 3.05) is 11.1 Å². The maximum Gasteiger partial charge on any atom is 0.387 e. The Hall–Kier alpha value is -3.90. The number of nitrogens with one attached hydrogen (secondary N) is 1. The molecular formula is C28H27F2NO5S. The molecule has 0 saturated carbocycles. The van der Waals surface area contributed by atoms with Crippen LogP contribution in [0.4, 0.5) is 14.5 Å². The van der Waals surface area contributed by atoms with Crippen molar-refractivity contribution in [2.24, 2.45) is 0 Å². The second-order valence-electron chi connectivity index (χ2n) is 8.56. The Bertz CT molecular complexity index is 1370. The second kappa shape index (κ2) is 11.9. The largest absolute Gasteiger partial charge is 0.475 e. The van der Waals surface area contributed by atoms with Crippen molar-refractivity contribution < 1.29 is 31.5 Å². The molecule has 0 aliphatic rings. The van der Waals surface area contributed by atoms with Gasteiger partial charge in [-0.15, -0.1) is 0 Å². The maximum absolute atomic E-state index is 12.4. The van der Waals surface area contributed by atoms with Gasteiger partial charge in [0.2, 0.25) is 5.91 Å². The summed E-state index contributed by atoms with van der Waals surface area (Å²) in [7, 11) is -3.28. The number of sulfone groups is 1. The van der Waals surface area contributed by atoms with E-state index < -0.39 is 22.0 Å². The minimum atomic E-state index is -3.28. The third-order valence-electron chi connectivity index (χ3n) is 5.13. The number of hydrogen-bond donors (Lipinski definition) is 1. The van der Waals surface area contributed by atoms with E-state index in [-0.39, 0.29) is 28.7 Å². The van der Waals surface area contributed by atoms with E-state index in [4.69, 9.17) is 4.74 Å². The van der Waals surface area contributed by atoms with E-state index in [1.165, 1.54) is 36.4 Å². The zero-order valence-electron chi connectivity index (χ0n) is 20.6. The number of carbonyl (C=O) groups excluding carboxylic acids is 1. The monoisotopic (exact) mass is 527 g/mol. The molecule has 0 heterocycles. The van der Waals surface area contributed by atoms with Crippen LogP contribution in [-0.2, 0) is 21.1 Å². The summed E-state index contributed by atoms with van der Waals surface area (Å²) in [4.78, 5) is 12.6. The number of halogens is 2. The Kier molecular flexibility index (Phi) is 8.90. The van der Waals surface area contributed by atoms with Crippen LogP contribution >= 0.6 is 0 Å². The molecular weight excluding hydrogens is 500 g/mol. The fourth-order valence-electron chi connectivity index (χ4n) is 3.24. The Morgan fingerprint density at radius 1 is 0.946 bits per heavy atom. The van der Waals surface area contributed by atoms with Gasteiger partial charge in [0.1, 0.15) is 11.5 Å². The first-order valence-electron chi connectivity index (χ1n) is 11.4. The predicted octanol–water partition coefficient (Wildman–Crippen LogP) is 5.47. The topological polar surface area (TPSA) is 81.7 Å². The zero-order valence-corrected chi connectivity index (χ0v) is 21.4. The Labute approximate surface area is 215 Å². The summed E-state index contributed by atoms with van der Waals surface area (Å²) in [5, 5.41) is 2.81. The highest BCUT2D eigenvalue weighted by Crippen LogP contribution is 2.23. The molecule has 3 aromatic carbocycles. The molecule has 1 amide bonds. The summed E-state index contributed by atoms with van der Waals surface area (Å²) >= 11 is 0. The van der Waals surface area contributed by atoms with Crippen LogP contribution in [0.15, 0.2) is 77.7 Å². The minimum Gasteiger partial charge on any atom is -0.475 e. The van der Waals surface area contributed by atoms with E-state index in [1.54, 1.807) is 57.2 Å². The first-order valence-corrected chi connectivity index (χ1v) is 13.1. The molecule has 194 valence electrons. The third-order valence-corrected chi connectivity index (χ3v) is 6.88. The Morgan fingerprint density at radius 3 is 2.11 bits per heavy atom. The van der Waals surface area contributed by atoms with Crippen LogP contribution in [0.5, 0.6) is 11.5 Å². The average molecular weight is 528 g/mol. The number of rotatable bonds is 9. The smallest absolute Gasteiger partial charge is 0.387 e. The highest BCUT2D eigenvalue weighted by molar-refractivity contribution is 7.91. The van der Waals surface area contributed by atoms with E-state index in [0.29, 0.717) is 22.6 Å². The van der Waals surface area contributed by atoms with Crippen LogP contribution in [0.3, 0.4) is 0 Å². The van der Waals surface area contributed by atoms with E-state index in [0.717, 1.165) is 0 Å². The van der Waals surface area contributed by atoms with Crippen LogP contribution in [0.2, 0.25) is 0 Å². The zero-order chi connectivity index (χ0) is 27.1. The molecule has 0 spiro atoms. The van der Waals surface area contributed by atoms with E-state index in [1.807, 2.05) is 0 Å². The molecule has 0 aliphatic heterocycles. The molecule has 1 N–H and O–H groups in total. The summed E-state index contributed by atoms with van der Waals surface area (Å²) < 4.78 is 58.5. The van der Waals surface area contributed by atoms with Crippen LogP contribution < -0.4 is 14.8 Å². The number of alkyl halides is 2. The third kappa shape index (κ3) is 8.62. The average Bonchev–Trinajstić information content (AvgIpc) is 2.85. The lowest BCUT2D eigenvalue weighted by atomic mass is 10.1. The number of amides is 1. The summed E-state index contributed by atoms with van der Waals surface area (Å²) in [5.74, 6) is 6.34. The second-order valence-corrected chi connectivity index (χ2v) is 10.8. The number of carbonyl (C=O) groups is 1. The van der Waals surface area contributed by atoms with Crippen molar-refractivity contribution in [3.05, 3.63) is 83.9 Å². The summed E-state index contributed by atoms with van der Waals surface area (Å²) in [6.45, 7) is 2.25. The van der Waals surface area contributed by atoms with Crippen molar-refractivity contribution in [3.63, 3.8) is 0 Å². The van der Waals surface area contributed by atoms with Gasteiger partial charge in [0, 0.05) is 11.3 Å². The molecule has 9 heteroatoms. The summed E-state index contributed by atoms with van der Waals surface area (Å²) in [6, 6.07) is 19.1. The highest BCUT2D eigenvalue weighted by Gasteiger charge is 2.17. The standard InChI is InChI=1S/C28H27F2NO5S/c1-4-37(33,34)25-15-7-21(8-16-25)19-26(32)31-22-9-5-20(6-10-22)17-18-28(2,3)36-24-13-11-23(12-14-24)35-27(29)30/h5-16,27H,4,19H2,1-3H3,(H,31,32). The molecule has 0 atom stereocenters. The van der Waals surface area contributed by atoms with Gasteiger partial charge in [-0.3, -0.25) is 4.79 Å². The maximum atomic E-state index is 12.4. The summed E-state index contributed by atoms with van der Waals surface area (Å²) in [6.07, 6.45) is 0.106. The SMILES string of the molecule is CCS(=O)(=O)c1ccc(CC(=O)Nc2ccc(C#CC(C)(C)Oc3ccc(OC(F)F)cc3)cc2)cc1. The first kappa shape index (κ1) is 27.7. The molecule has 37 heavy (non-hydrogen) atoms. The summed E-state index contributed by atoms with van der Waals surface area (Å²) in [5.41, 5.74) is 1.16. The molecule has 3 aromatic rings. The van der Waals surface area contributed by atoms with Gasteiger partial charge in [0.15, 0.2) is 15.4 Å². The van der Waals surface area contributed by atoms with Gasteiger partial charge in [-0.05, 0) is 80.1 Å². The van der Waals surface area contributed by atoms with Crippen LogP contribution in [0, 0.1) is 11.8 Å². The molecule has 3 rings (SSSR count). The quantitative estimate of drug-likeness (QED) is 0.373. The van der Waals surface area contributed by atoms with Gasteiger partial charge in [0.05, 0.1) is 17.1 Å². The molecule has 0 aromatic heterocycles. The minimum absolute atomic E-state index is 0.0208. The van der Waals surface area contributed by atoms with Gasteiger partial charge >= 0.3 is 6.61 Å². The molecule has 6 nitrogen and oxygen atoms in total. The number of anilines is 1. The lowest BCUT2D eigenvalue weighted by Crippen LogP contribution is -2.25. The molecule has 0 saturated heterocycles. The lowest BCUT2D eigenvalue weighted by Gasteiger charge is -2.20. The first-order chi connectivity index (χ1) is 17.5. The molecule has 0 bridgehead atoms. The Balaban J connectivity index is 1.55. The normalized spacial score (nSPS) is 11.4. The fraction of sp³-hybridized carbons (Fsp3) is 0.250. The van der Waals surface area contributed by atoms with Gasteiger partial charge < -0.3 is 14.8 Å². The fourth-order valence-corrected chi connectivity index (χ4v) is 4.12. The number of benzene rings is 3. The Morgan fingerprint density at radius 2 is 1.54 bits per heavy atom. The van der Waals surface area contributed by atoms with Crippen LogP contribution in [0.1, 0.15) is 31.9 Å². The van der Waals surface area contributed by atoms with Crippen molar-refractivity contribution in [1.29, 1.82) is 0 Å². The van der Waals surface area contributed by atoms with Gasteiger partial charge in [0.25, 0.3) is 0 Å². The van der Waals surface area contributed by atoms with Gasteiger partial charge in [-0.25, -0.2) is 8.42 Å². The highest BCUT2D eigenvalue weighted by atomic mass is 32.2. The van der Waals surface area contributed by atoms with Gasteiger partial charge in [-0.1, -0.05) is 30.9 Å². The van der Waals surface area contributed by atoms with E-state index >= 15 is 0 Å². The lowest BCUT2D eigenvalue weighted by molar-refractivity contribution is -0.115. The van der Waals surface area contributed by atoms with Gasteiger partial charge in [-0.2, -0.15) is 8.78 Å². The van der Waals surface area contributed by atoms with Crippen molar-refractivity contribution in [1.82, 2.24) is 0 Å². The molecule has 0 unspecified atom stereocenters. The van der Waals surface area contributed by atoms with Crippen molar-refractivity contribution in [2.45, 2.75) is 44.3 Å². The van der Waals surface area contributed by atoms with Crippen LogP contribution in [0.25, 0.3) is 0 Å². The molecule has 0 aliphatic carbocycles. The predicted molar refractivity (Wildman–Crippen MR) is 138 cm³/mol. The number of ether oxygens (including phenoxy) is 2. The molecule has 0 radical (unpaired) electrons. The van der Waals surface area contributed by atoms with Crippen molar-refractivity contribution >= 4 is 21.4 Å². The van der Waals surface area contributed by atoms with E-state index in [2.05, 4.69) is 21.9 Å². The molecule has 0 fully saturated rings. The van der Waals surface area contributed by atoms with Crippen LogP contribution in [-0.4, -0.2) is 32.3 Å². The van der Waals surface area contributed by atoms with Crippen molar-refractivity contribution in [3.8, 4) is 23.3 Å².